The summed E-state index contributed by atoms with van der Waals surface area (Å²) in [6.45, 7) is 2.34. The van der Waals surface area contributed by atoms with Gasteiger partial charge in [0.25, 0.3) is 5.91 Å². The lowest BCUT2D eigenvalue weighted by Crippen LogP contribution is -2.53. The molecule has 1 amide bonds. The number of pyridine rings is 1. The van der Waals surface area contributed by atoms with Crippen LogP contribution in [0.4, 0.5) is 0 Å². The van der Waals surface area contributed by atoms with Gasteiger partial charge in [-0.25, -0.2) is 9.78 Å². The lowest BCUT2D eigenvalue weighted by atomic mass is 9.90. The van der Waals surface area contributed by atoms with Gasteiger partial charge in [0.15, 0.2) is 0 Å². The van der Waals surface area contributed by atoms with Gasteiger partial charge in [-0.2, -0.15) is 0 Å². The highest BCUT2D eigenvalue weighted by atomic mass is 79.9. The first-order chi connectivity index (χ1) is 9.92. The number of aliphatic carboxylic acids is 1. The van der Waals surface area contributed by atoms with Gasteiger partial charge in [-0.05, 0) is 41.3 Å². The fourth-order valence-electron chi connectivity index (χ4n) is 2.90. The number of rotatable bonds is 4. The second-order valence-electron chi connectivity index (χ2n) is 5.14. The van der Waals surface area contributed by atoms with E-state index in [0.29, 0.717) is 36.7 Å². The first kappa shape index (κ1) is 16.2. The molecule has 1 aliphatic heterocycles. The molecule has 0 bridgehead atoms. The van der Waals surface area contributed by atoms with Crippen LogP contribution in [0.3, 0.4) is 0 Å². The number of likely N-dealkylation sites (tertiary alicyclic amines) is 1. The van der Waals surface area contributed by atoms with Crippen molar-refractivity contribution >= 4 is 39.4 Å². The summed E-state index contributed by atoms with van der Waals surface area (Å²) in [5.74, 6) is -1.32. The molecule has 7 heteroatoms. The van der Waals surface area contributed by atoms with Gasteiger partial charge in [-0.3, -0.25) is 4.79 Å². The maximum absolute atomic E-state index is 12.7. The van der Waals surface area contributed by atoms with Crippen molar-refractivity contribution in [1.29, 1.82) is 0 Å². The van der Waals surface area contributed by atoms with Crippen molar-refractivity contribution in [3.63, 3.8) is 0 Å². The van der Waals surface area contributed by atoms with Gasteiger partial charge < -0.3 is 10.0 Å². The second-order valence-corrected chi connectivity index (χ2v) is 6.41. The van der Waals surface area contributed by atoms with Crippen molar-refractivity contribution in [3.05, 3.63) is 27.5 Å². The Balaban J connectivity index is 2.41. The molecule has 0 aliphatic carbocycles. The number of nitrogens with zero attached hydrogens (tertiary/aromatic N) is 2. The first-order valence-corrected chi connectivity index (χ1v) is 7.96. The van der Waals surface area contributed by atoms with Crippen molar-refractivity contribution in [3.8, 4) is 0 Å². The van der Waals surface area contributed by atoms with E-state index >= 15 is 0 Å². The van der Waals surface area contributed by atoms with Crippen LogP contribution >= 0.6 is 27.5 Å². The van der Waals surface area contributed by atoms with Gasteiger partial charge in [-0.1, -0.05) is 24.9 Å². The molecule has 0 aromatic carbocycles. The van der Waals surface area contributed by atoms with Crippen LogP contribution in [-0.2, 0) is 4.79 Å². The predicted molar refractivity (Wildman–Crippen MR) is 82.5 cm³/mol. The minimum absolute atomic E-state index is 0.0888. The normalized spacial score (nSPS) is 21.6. The Morgan fingerprint density at radius 3 is 2.90 bits per heavy atom. The Bertz CT molecular complexity index is 581. The van der Waals surface area contributed by atoms with Crippen molar-refractivity contribution < 1.29 is 14.7 Å². The molecule has 1 atom stereocenters. The number of halogens is 2. The smallest absolute Gasteiger partial charge is 0.329 e. The molecule has 2 rings (SSSR count). The number of carboxylic acids is 1. The summed E-state index contributed by atoms with van der Waals surface area (Å²) in [6, 6.07) is 1.58. The van der Waals surface area contributed by atoms with Crippen LogP contribution in [-0.4, -0.2) is 39.0 Å². The van der Waals surface area contributed by atoms with Gasteiger partial charge >= 0.3 is 5.97 Å². The maximum atomic E-state index is 12.7. The number of amides is 1. The largest absolute Gasteiger partial charge is 0.479 e. The Morgan fingerprint density at radius 2 is 2.29 bits per heavy atom. The molecule has 114 valence electrons. The minimum atomic E-state index is -1.13. The monoisotopic (exact) mass is 374 g/mol. The number of carboxylic acid groups (broad SMARTS) is 1. The molecule has 1 aromatic rings. The van der Waals surface area contributed by atoms with E-state index in [1.165, 1.54) is 11.1 Å². The molecule has 0 spiro atoms. The fourth-order valence-corrected chi connectivity index (χ4v) is 3.41. The lowest BCUT2D eigenvalue weighted by molar-refractivity contribution is -0.148. The Kier molecular flexibility index (Phi) is 4.88. The molecule has 1 saturated heterocycles. The highest BCUT2D eigenvalue weighted by Gasteiger charge is 2.49. The maximum Gasteiger partial charge on any atom is 0.329 e. The van der Waals surface area contributed by atoms with E-state index in [2.05, 4.69) is 20.9 Å². The number of aromatic nitrogens is 1. The van der Waals surface area contributed by atoms with E-state index in [1.54, 1.807) is 6.07 Å². The zero-order valence-corrected chi connectivity index (χ0v) is 13.9. The number of hydrogen-bond acceptors (Lipinski definition) is 3. The van der Waals surface area contributed by atoms with Crippen LogP contribution in [0.15, 0.2) is 16.7 Å². The standard InChI is InChI=1S/C14H16BrClN2O3/c1-2-4-14(13(20)21)5-3-6-18(14)12(19)10-7-9(15)8-17-11(10)16/h7-8H,2-6H2,1H3,(H,20,21). The third kappa shape index (κ3) is 2.92. The summed E-state index contributed by atoms with van der Waals surface area (Å²) in [4.78, 5) is 29.9. The predicted octanol–water partition coefficient (Wildman–Crippen LogP) is 3.36. The van der Waals surface area contributed by atoms with E-state index in [0.717, 1.165) is 0 Å². The molecule has 1 aliphatic rings. The lowest BCUT2D eigenvalue weighted by Gasteiger charge is -2.34. The van der Waals surface area contributed by atoms with E-state index in [1.807, 2.05) is 6.92 Å². The summed E-state index contributed by atoms with van der Waals surface area (Å²) < 4.78 is 0.630. The number of carbonyl (C=O) groups is 2. The van der Waals surface area contributed by atoms with Crippen molar-refractivity contribution in [2.45, 2.75) is 38.1 Å². The van der Waals surface area contributed by atoms with E-state index in [-0.39, 0.29) is 16.6 Å². The number of hydrogen-bond donors (Lipinski definition) is 1. The molecule has 0 radical (unpaired) electrons. The SMILES string of the molecule is CCCC1(C(=O)O)CCCN1C(=O)c1cc(Br)cnc1Cl. The third-order valence-electron chi connectivity index (χ3n) is 3.83. The molecule has 1 aromatic heterocycles. The molecule has 21 heavy (non-hydrogen) atoms. The quantitative estimate of drug-likeness (QED) is 0.819. The van der Waals surface area contributed by atoms with Crippen LogP contribution in [0.1, 0.15) is 43.0 Å². The average Bonchev–Trinajstić information content (AvgIpc) is 2.86. The fraction of sp³-hybridized carbons (Fsp3) is 0.500. The van der Waals surface area contributed by atoms with E-state index in [9.17, 15) is 14.7 Å². The minimum Gasteiger partial charge on any atom is -0.479 e. The summed E-state index contributed by atoms with van der Waals surface area (Å²) in [6.07, 6.45) is 3.78. The second kappa shape index (κ2) is 6.32. The Hall–Kier alpha value is -1.14. The Labute approximate surface area is 136 Å². The zero-order chi connectivity index (χ0) is 15.6. The van der Waals surface area contributed by atoms with Crippen LogP contribution < -0.4 is 0 Å². The van der Waals surface area contributed by atoms with Gasteiger partial charge in [0, 0.05) is 17.2 Å². The summed E-state index contributed by atoms with van der Waals surface area (Å²) >= 11 is 9.25. The molecule has 0 saturated carbocycles. The molecule has 1 fully saturated rings. The van der Waals surface area contributed by atoms with Crippen molar-refractivity contribution in [1.82, 2.24) is 9.88 Å². The highest BCUT2D eigenvalue weighted by Crippen LogP contribution is 2.36. The third-order valence-corrected chi connectivity index (χ3v) is 4.57. The average molecular weight is 376 g/mol. The van der Waals surface area contributed by atoms with Gasteiger partial charge in [0.05, 0.1) is 5.56 Å². The van der Waals surface area contributed by atoms with E-state index < -0.39 is 11.5 Å². The molecular formula is C14H16BrClN2O3. The van der Waals surface area contributed by atoms with E-state index in [4.69, 9.17) is 11.6 Å². The molecule has 1 unspecified atom stereocenters. The summed E-state index contributed by atoms with van der Waals surface area (Å²) in [5, 5.41) is 9.72. The van der Waals surface area contributed by atoms with Crippen LogP contribution in [0.2, 0.25) is 5.15 Å². The summed E-state index contributed by atoms with van der Waals surface area (Å²) in [5.41, 5.74) is -0.896. The first-order valence-electron chi connectivity index (χ1n) is 6.79. The number of carbonyl (C=O) groups excluding carboxylic acids is 1. The van der Waals surface area contributed by atoms with Crippen LogP contribution in [0, 0.1) is 0 Å². The van der Waals surface area contributed by atoms with Crippen LogP contribution in [0.5, 0.6) is 0 Å². The van der Waals surface area contributed by atoms with Gasteiger partial charge in [0.2, 0.25) is 0 Å². The van der Waals surface area contributed by atoms with Gasteiger partial charge in [-0.15, -0.1) is 0 Å². The molecule has 5 nitrogen and oxygen atoms in total. The van der Waals surface area contributed by atoms with Gasteiger partial charge in [0.1, 0.15) is 10.7 Å². The van der Waals surface area contributed by atoms with Crippen molar-refractivity contribution in [2.24, 2.45) is 0 Å². The highest BCUT2D eigenvalue weighted by molar-refractivity contribution is 9.10. The summed E-state index contributed by atoms with van der Waals surface area (Å²) in [7, 11) is 0. The topological polar surface area (TPSA) is 70.5 Å². The molecule has 2 heterocycles. The molecule has 1 N–H and O–H groups in total. The zero-order valence-electron chi connectivity index (χ0n) is 11.6. The van der Waals surface area contributed by atoms with Crippen LogP contribution in [0.25, 0.3) is 0 Å². The van der Waals surface area contributed by atoms with Crippen molar-refractivity contribution in [2.75, 3.05) is 6.54 Å². The molecular weight excluding hydrogens is 360 g/mol. The Morgan fingerprint density at radius 1 is 1.57 bits per heavy atom.